The number of esters is 1. The number of rotatable bonds is 5. The van der Waals surface area contributed by atoms with Gasteiger partial charge in [-0.2, -0.15) is 0 Å². The highest BCUT2D eigenvalue weighted by atomic mass is 32.1. The number of hydrogen-bond acceptors (Lipinski definition) is 6. The summed E-state index contributed by atoms with van der Waals surface area (Å²) >= 11 is 1.60. The lowest BCUT2D eigenvalue weighted by Gasteiger charge is -2.10. The first-order chi connectivity index (χ1) is 10.7. The molecule has 0 aliphatic heterocycles. The number of aromatic nitrogens is 2. The lowest BCUT2D eigenvalue weighted by molar-refractivity contribution is -0.145. The van der Waals surface area contributed by atoms with E-state index in [0.29, 0.717) is 12.0 Å². The average molecular weight is 322 g/mol. The van der Waals surface area contributed by atoms with Gasteiger partial charge in [0.25, 0.3) is 5.56 Å². The molecule has 1 aliphatic rings. The molecule has 0 amide bonds. The van der Waals surface area contributed by atoms with E-state index < -0.39 is 5.97 Å². The van der Waals surface area contributed by atoms with E-state index in [9.17, 15) is 9.59 Å². The molecule has 0 spiro atoms. The zero-order valence-corrected chi connectivity index (χ0v) is 13.3. The molecular weight excluding hydrogens is 304 g/mol. The van der Waals surface area contributed by atoms with Crippen LogP contribution >= 0.6 is 11.3 Å². The second-order valence-corrected chi connectivity index (χ2v) is 6.37. The highest BCUT2D eigenvalue weighted by molar-refractivity contribution is 7.18. The van der Waals surface area contributed by atoms with E-state index in [4.69, 9.17) is 9.47 Å². The summed E-state index contributed by atoms with van der Waals surface area (Å²) in [5, 5.41) is 0.687. The van der Waals surface area contributed by atoms with Crippen LogP contribution in [0.1, 0.15) is 23.3 Å². The van der Waals surface area contributed by atoms with Crippen molar-refractivity contribution in [2.75, 3.05) is 20.3 Å². The number of aryl methyl sites for hydroxylation is 2. The minimum Gasteiger partial charge on any atom is -0.462 e. The van der Waals surface area contributed by atoms with E-state index in [1.165, 1.54) is 29.3 Å². The summed E-state index contributed by atoms with van der Waals surface area (Å²) in [6, 6.07) is 0. The van der Waals surface area contributed by atoms with E-state index in [1.54, 1.807) is 11.3 Å². The number of ether oxygens (including phenoxy) is 2. The Morgan fingerprint density at radius 3 is 3.00 bits per heavy atom. The number of fused-ring (bicyclic) bond motifs is 3. The summed E-state index contributed by atoms with van der Waals surface area (Å²) in [5.74, 6) is -0.454. The second-order valence-electron chi connectivity index (χ2n) is 5.28. The Morgan fingerprint density at radius 2 is 2.18 bits per heavy atom. The zero-order chi connectivity index (χ0) is 15.5. The van der Waals surface area contributed by atoms with Gasteiger partial charge in [-0.15, -0.1) is 11.3 Å². The summed E-state index contributed by atoms with van der Waals surface area (Å²) in [7, 11) is 1.54. The van der Waals surface area contributed by atoms with Crippen LogP contribution in [0.2, 0.25) is 0 Å². The van der Waals surface area contributed by atoms with Crippen molar-refractivity contribution in [3.63, 3.8) is 0 Å². The molecule has 0 aromatic carbocycles. The van der Waals surface area contributed by atoms with Crippen molar-refractivity contribution in [3.05, 3.63) is 27.1 Å². The standard InChI is InChI=1S/C15H18N2O4S/c1-20-6-7-21-12(18)8-17-9-16-14-13(15(17)19)10-4-2-3-5-11(10)22-14/h9H,2-8H2,1H3. The number of hydrogen-bond donors (Lipinski definition) is 0. The first kappa shape index (κ1) is 15.2. The Bertz CT molecular complexity index is 750. The Hall–Kier alpha value is -1.73. The lowest BCUT2D eigenvalue weighted by Crippen LogP contribution is -2.26. The van der Waals surface area contributed by atoms with Gasteiger partial charge in [0.1, 0.15) is 18.0 Å². The molecule has 0 radical (unpaired) electrons. The van der Waals surface area contributed by atoms with Gasteiger partial charge in [-0.3, -0.25) is 14.2 Å². The molecule has 0 unspecified atom stereocenters. The van der Waals surface area contributed by atoms with Crippen LogP contribution in [0.25, 0.3) is 10.2 Å². The fourth-order valence-electron chi connectivity index (χ4n) is 2.72. The van der Waals surface area contributed by atoms with Crippen molar-refractivity contribution in [2.45, 2.75) is 32.2 Å². The van der Waals surface area contributed by atoms with Crippen LogP contribution in [0.5, 0.6) is 0 Å². The van der Waals surface area contributed by atoms with E-state index in [0.717, 1.165) is 29.7 Å². The Morgan fingerprint density at radius 1 is 1.36 bits per heavy atom. The van der Waals surface area contributed by atoms with Gasteiger partial charge in [0.05, 0.1) is 18.3 Å². The average Bonchev–Trinajstić information content (AvgIpc) is 2.89. The molecule has 2 heterocycles. The molecule has 0 fully saturated rings. The molecular formula is C15H18N2O4S. The van der Waals surface area contributed by atoms with Gasteiger partial charge in [0, 0.05) is 12.0 Å². The SMILES string of the molecule is COCCOC(=O)Cn1cnc2sc3c(c2c1=O)CCCC3. The van der Waals surface area contributed by atoms with E-state index in [2.05, 4.69) is 4.98 Å². The topological polar surface area (TPSA) is 70.4 Å². The van der Waals surface area contributed by atoms with E-state index >= 15 is 0 Å². The maximum atomic E-state index is 12.6. The van der Waals surface area contributed by atoms with Gasteiger partial charge in [0.2, 0.25) is 0 Å². The minimum atomic E-state index is -0.454. The van der Waals surface area contributed by atoms with Crippen LogP contribution in [0.3, 0.4) is 0 Å². The zero-order valence-electron chi connectivity index (χ0n) is 12.5. The van der Waals surface area contributed by atoms with Gasteiger partial charge < -0.3 is 9.47 Å². The molecule has 6 nitrogen and oxygen atoms in total. The molecule has 2 aromatic heterocycles. The molecule has 0 atom stereocenters. The highest BCUT2D eigenvalue weighted by Gasteiger charge is 2.20. The number of thiophene rings is 1. The van der Waals surface area contributed by atoms with Crippen molar-refractivity contribution in [1.82, 2.24) is 9.55 Å². The number of methoxy groups -OCH3 is 1. The van der Waals surface area contributed by atoms with E-state index in [1.807, 2.05) is 0 Å². The molecule has 22 heavy (non-hydrogen) atoms. The third kappa shape index (κ3) is 2.91. The molecule has 3 rings (SSSR count). The smallest absolute Gasteiger partial charge is 0.326 e. The predicted octanol–water partition coefficient (Wildman–Crippen LogP) is 1.53. The third-order valence-corrected chi connectivity index (χ3v) is 4.99. The van der Waals surface area contributed by atoms with Gasteiger partial charge in [-0.05, 0) is 31.2 Å². The molecule has 1 aliphatic carbocycles. The minimum absolute atomic E-state index is 0.115. The fourth-order valence-corrected chi connectivity index (χ4v) is 3.94. The Balaban J connectivity index is 1.87. The van der Waals surface area contributed by atoms with Crippen molar-refractivity contribution < 1.29 is 14.3 Å². The lowest BCUT2D eigenvalue weighted by atomic mass is 9.97. The van der Waals surface area contributed by atoms with Crippen molar-refractivity contribution in [3.8, 4) is 0 Å². The number of carbonyl (C=O) groups is 1. The Kier molecular flexibility index (Phi) is 4.54. The van der Waals surface area contributed by atoms with E-state index in [-0.39, 0.29) is 18.7 Å². The maximum Gasteiger partial charge on any atom is 0.326 e. The van der Waals surface area contributed by atoms with Crippen molar-refractivity contribution in [2.24, 2.45) is 0 Å². The second kappa shape index (κ2) is 6.58. The molecule has 0 N–H and O–H groups in total. The number of nitrogens with zero attached hydrogens (tertiary/aromatic N) is 2. The van der Waals surface area contributed by atoms with Crippen LogP contribution < -0.4 is 5.56 Å². The highest BCUT2D eigenvalue weighted by Crippen LogP contribution is 2.33. The van der Waals surface area contributed by atoms with Crippen molar-refractivity contribution >= 4 is 27.5 Å². The quantitative estimate of drug-likeness (QED) is 0.617. The van der Waals surface area contributed by atoms with Gasteiger partial charge >= 0.3 is 5.97 Å². The molecule has 7 heteroatoms. The Labute approximate surface area is 131 Å². The van der Waals surface area contributed by atoms with Gasteiger partial charge in [-0.25, -0.2) is 4.98 Å². The molecule has 118 valence electrons. The summed E-state index contributed by atoms with van der Waals surface area (Å²) < 4.78 is 11.2. The summed E-state index contributed by atoms with van der Waals surface area (Å²) in [6.45, 7) is 0.416. The molecule has 0 bridgehead atoms. The van der Waals surface area contributed by atoms with Crippen LogP contribution in [0, 0.1) is 0 Å². The first-order valence-electron chi connectivity index (χ1n) is 7.35. The van der Waals surface area contributed by atoms with Gasteiger partial charge in [0.15, 0.2) is 0 Å². The molecule has 0 saturated carbocycles. The predicted molar refractivity (Wildman–Crippen MR) is 83.4 cm³/mol. The summed E-state index contributed by atoms with van der Waals surface area (Å²) in [6.07, 6.45) is 5.65. The largest absolute Gasteiger partial charge is 0.462 e. The summed E-state index contributed by atoms with van der Waals surface area (Å²) in [5.41, 5.74) is 0.985. The number of carbonyl (C=O) groups excluding carboxylic acids is 1. The normalized spacial score (nSPS) is 14.0. The molecule has 2 aromatic rings. The van der Waals surface area contributed by atoms with Crippen molar-refractivity contribution in [1.29, 1.82) is 0 Å². The third-order valence-electron chi connectivity index (χ3n) is 3.79. The fraction of sp³-hybridized carbons (Fsp3) is 0.533. The first-order valence-corrected chi connectivity index (χ1v) is 8.16. The molecule has 0 saturated heterocycles. The summed E-state index contributed by atoms with van der Waals surface area (Å²) in [4.78, 5) is 30.8. The van der Waals surface area contributed by atoms with Crippen LogP contribution in [-0.4, -0.2) is 35.8 Å². The maximum absolute atomic E-state index is 12.6. The van der Waals surface area contributed by atoms with Crippen LogP contribution in [-0.2, 0) is 33.7 Å². The van der Waals surface area contributed by atoms with Crippen LogP contribution in [0.15, 0.2) is 11.1 Å². The van der Waals surface area contributed by atoms with Gasteiger partial charge in [-0.1, -0.05) is 0 Å². The monoisotopic (exact) mass is 322 g/mol. The van der Waals surface area contributed by atoms with Crippen LogP contribution in [0.4, 0.5) is 0 Å².